The minimum absolute atomic E-state index is 0.281. The van der Waals surface area contributed by atoms with E-state index in [1.54, 1.807) is 0 Å². The second-order valence-corrected chi connectivity index (χ2v) is 4.95. The smallest absolute Gasteiger partial charge is 0.198 e. The first-order valence-corrected chi connectivity index (χ1v) is 6.44. The quantitative estimate of drug-likeness (QED) is 0.292. The fraction of sp³-hybridized carbons (Fsp3) is 0. The Labute approximate surface area is 133 Å². The van der Waals surface area contributed by atoms with Gasteiger partial charge in [-0.3, -0.25) is 0 Å². The van der Waals surface area contributed by atoms with Crippen LogP contribution in [-0.4, -0.2) is 0 Å². The SMILES string of the molecule is Fc1ccc(F)c(-c2c(F)c(F)c(F)c3c(F)c(F)c(F)c(F)c23)c1. The molecule has 130 valence electrons. The lowest BCUT2D eigenvalue weighted by molar-refractivity contribution is 0.411. The molecule has 0 atom stereocenters. The van der Waals surface area contributed by atoms with Gasteiger partial charge < -0.3 is 0 Å². The van der Waals surface area contributed by atoms with Gasteiger partial charge in [-0.25, -0.2) is 39.5 Å². The second kappa shape index (κ2) is 5.68. The normalized spacial score (nSPS) is 11.4. The zero-order valence-electron chi connectivity index (χ0n) is 11.6. The number of halogens is 9. The van der Waals surface area contributed by atoms with Gasteiger partial charge in [0.25, 0.3) is 0 Å². The van der Waals surface area contributed by atoms with E-state index >= 15 is 0 Å². The molecule has 0 unspecified atom stereocenters. The van der Waals surface area contributed by atoms with Gasteiger partial charge in [0, 0.05) is 16.5 Å². The van der Waals surface area contributed by atoms with E-state index in [0.29, 0.717) is 12.1 Å². The van der Waals surface area contributed by atoms with Crippen LogP contribution in [-0.2, 0) is 0 Å². The Bertz CT molecular complexity index is 1030. The predicted octanol–water partition coefficient (Wildman–Crippen LogP) is 5.76. The van der Waals surface area contributed by atoms with E-state index < -0.39 is 74.3 Å². The number of hydrogen-bond acceptors (Lipinski definition) is 0. The van der Waals surface area contributed by atoms with Gasteiger partial charge in [-0.15, -0.1) is 0 Å². The van der Waals surface area contributed by atoms with Gasteiger partial charge in [-0.1, -0.05) is 0 Å². The Balaban J connectivity index is 2.67. The summed E-state index contributed by atoms with van der Waals surface area (Å²) in [6.45, 7) is 0. The van der Waals surface area contributed by atoms with Gasteiger partial charge in [0.15, 0.2) is 40.7 Å². The Morgan fingerprint density at radius 1 is 0.480 bits per heavy atom. The van der Waals surface area contributed by atoms with Crippen LogP contribution in [0.1, 0.15) is 0 Å². The van der Waals surface area contributed by atoms with Crippen LogP contribution in [0.5, 0.6) is 0 Å². The van der Waals surface area contributed by atoms with Crippen molar-refractivity contribution in [3.8, 4) is 11.1 Å². The minimum Gasteiger partial charge on any atom is -0.207 e. The molecule has 0 fully saturated rings. The summed E-state index contributed by atoms with van der Waals surface area (Å²) in [7, 11) is 0. The van der Waals surface area contributed by atoms with E-state index in [4.69, 9.17) is 0 Å². The van der Waals surface area contributed by atoms with Crippen molar-refractivity contribution < 1.29 is 39.5 Å². The monoisotopic (exact) mass is 366 g/mol. The van der Waals surface area contributed by atoms with Crippen molar-refractivity contribution in [3.63, 3.8) is 0 Å². The molecule has 3 aromatic rings. The van der Waals surface area contributed by atoms with E-state index in [1.807, 2.05) is 0 Å². The molecule has 0 aliphatic rings. The molecule has 0 radical (unpaired) electrons. The third-order valence-electron chi connectivity index (χ3n) is 3.54. The maximum absolute atomic E-state index is 14.1. The van der Waals surface area contributed by atoms with Crippen molar-refractivity contribution >= 4 is 10.8 Å². The summed E-state index contributed by atoms with van der Waals surface area (Å²) in [5.41, 5.74) is -2.62. The maximum Gasteiger partial charge on any atom is 0.198 e. The molecule has 0 aromatic heterocycles. The van der Waals surface area contributed by atoms with Crippen molar-refractivity contribution in [2.75, 3.05) is 0 Å². The predicted molar refractivity (Wildman–Crippen MR) is 69.0 cm³/mol. The summed E-state index contributed by atoms with van der Waals surface area (Å²) in [4.78, 5) is 0. The maximum atomic E-state index is 14.1. The zero-order chi connectivity index (χ0) is 18.6. The van der Waals surface area contributed by atoms with Gasteiger partial charge >= 0.3 is 0 Å². The highest BCUT2D eigenvalue weighted by Crippen LogP contribution is 2.40. The van der Waals surface area contributed by atoms with Crippen LogP contribution in [0.3, 0.4) is 0 Å². The van der Waals surface area contributed by atoms with Crippen molar-refractivity contribution in [2.24, 2.45) is 0 Å². The van der Waals surface area contributed by atoms with E-state index in [1.165, 1.54) is 0 Å². The van der Waals surface area contributed by atoms with E-state index in [2.05, 4.69) is 0 Å². The molecule has 0 heterocycles. The van der Waals surface area contributed by atoms with E-state index in [0.717, 1.165) is 0 Å². The fourth-order valence-corrected chi connectivity index (χ4v) is 2.44. The fourth-order valence-electron chi connectivity index (χ4n) is 2.44. The number of rotatable bonds is 1. The van der Waals surface area contributed by atoms with Crippen molar-refractivity contribution in [3.05, 3.63) is 70.6 Å². The van der Waals surface area contributed by atoms with Crippen LogP contribution >= 0.6 is 0 Å². The molecule has 0 amide bonds. The Hall–Kier alpha value is -2.71. The number of hydrogen-bond donors (Lipinski definition) is 0. The molecule has 0 N–H and O–H groups in total. The van der Waals surface area contributed by atoms with Gasteiger partial charge in [-0.05, 0) is 18.2 Å². The molecule has 0 aliphatic heterocycles. The van der Waals surface area contributed by atoms with Gasteiger partial charge in [0.05, 0.1) is 5.39 Å². The third kappa shape index (κ3) is 2.33. The summed E-state index contributed by atoms with van der Waals surface area (Å²) in [6, 6.07) is 1.31. The van der Waals surface area contributed by atoms with Gasteiger partial charge in [0.2, 0.25) is 0 Å². The Kier molecular flexibility index (Phi) is 3.89. The highest BCUT2D eigenvalue weighted by atomic mass is 19.2. The largest absolute Gasteiger partial charge is 0.207 e. The van der Waals surface area contributed by atoms with Crippen LogP contribution in [0.2, 0.25) is 0 Å². The molecule has 0 saturated heterocycles. The van der Waals surface area contributed by atoms with Crippen molar-refractivity contribution in [1.29, 1.82) is 0 Å². The molecular weight excluding hydrogens is 363 g/mol. The van der Waals surface area contributed by atoms with E-state index in [9.17, 15) is 39.5 Å². The summed E-state index contributed by atoms with van der Waals surface area (Å²) in [5.74, 6) is -19.1. The minimum atomic E-state index is -2.47. The molecule has 0 nitrogen and oxygen atoms in total. The van der Waals surface area contributed by atoms with Gasteiger partial charge in [-0.2, -0.15) is 0 Å². The van der Waals surface area contributed by atoms with Crippen LogP contribution in [0, 0.1) is 52.4 Å². The molecule has 0 saturated carbocycles. The summed E-state index contributed by atoms with van der Waals surface area (Å²) in [6.07, 6.45) is 0. The first-order valence-electron chi connectivity index (χ1n) is 6.44. The van der Waals surface area contributed by atoms with Crippen LogP contribution in [0.4, 0.5) is 39.5 Å². The molecule has 0 aliphatic carbocycles. The highest BCUT2D eigenvalue weighted by Gasteiger charge is 2.31. The number of benzene rings is 3. The third-order valence-corrected chi connectivity index (χ3v) is 3.54. The first kappa shape index (κ1) is 17.1. The molecular formula is C16H3F9. The standard InChI is InChI=1S/C16H3F9/c17-4-1-2-6(18)5(3-4)7-8-9(12(21)14(23)10(7)19)13(22)16(25)15(24)11(8)20/h1-3H. The van der Waals surface area contributed by atoms with Crippen molar-refractivity contribution in [1.82, 2.24) is 0 Å². The van der Waals surface area contributed by atoms with Crippen molar-refractivity contribution in [2.45, 2.75) is 0 Å². The highest BCUT2D eigenvalue weighted by molar-refractivity contribution is 5.98. The molecule has 9 heteroatoms. The number of fused-ring (bicyclic) bond motifs is 1. The summed E-state index contributed by atoms with van der Waals surface area (Å²) >= 11 is 0. The van der Waals surface area contributed by atoms with Crippen LogP contribution in [0.25, 0.3) is 21.9 Å². The van der Waals surface area contributed by atoms with Crippen LogP contribution in [0.15, 0.2) is 18.2 Å². The second-order valence-electron chi connectivity index (χ2n) is 4.95. The lowest BCUT2D eigenvalue weighted by Crippen LogP contribution is -2.06. The molecule has 3 rings (SSSR count). The average molecular weight is 366 g/mol. The lowest BCUT2D eigenvalue weighted by Gasteiger charge is -2.14. The average Bonchev–Trinajstić information content (AvgIpc) is 2.58. The Morgan fingerprint density at radius 3 is 1.52 bits per heavy atom. The lowest BCUT2D eigenvalue weighted by atomic mass is 9.95. The van der Waals surface area contributed by atoms with Crippen LogP contribution < -0.4 is 0 Å². The molecule has 3 aromatic carbocycles. The molecule has 0 bridgehead atoms. The summed E-state index contributed by atoms with van der Waals surface area (Å²) in [5, 5.41) is -3.37. The summed E-state index contributed by atoms with van der Waals surface area (Å²) < 4.78 is 123. The molecule has 0 spiro atoms. The van der Waals surface area contributed by atoms with Gasteiger partial charge in [0.1, 0.15) is 11.6 Å². The molecule has 25 heavy (non-hydrogen) atoms. The van der Waals surface area contributed by atoms with E-state index in [-0.39, 0.29) is 6.07 Å². The zero-order valence-corrected chi connectivity index (χ0v) is 11.6. The first-order chi connectivity index (χ1) is 11.7. The Morgan fingerprint density at radius 2 is 0.960 bits per heavy atom. The topological polar surface area (TPSA) is 0 Å².